The van der Waals surface area contributed by atoms with Gasteiger partial charge >= 0.3 is 0 Å². The molecule has 49 heavy (non-hydrogen) atoms. The number of rotatable bonds is 14. The van der Waals surface area contributed by atoms with Crippen LogP contribution in [0.1, 0.15) is 33.9 Å². The van der Waals surface area contributed by atoms with Crippen LogP contribution in [0.15, 0.2) is 91.0 Å². The molecule has 2 amide bonds. The Balaban J connectivity index is 1.41. The van der Waals surface area contributed by atoms with Gasteiger partial charge in [0.1, 0.15) is 29.7 Å². The Bertz CT molecular complexity index is 1760. The van der Waals surface area contributed by atoms with Crippen molar-refractivity contribution < 1.29 is 47.6 Å². The highest BCUT2D eigenvalue weighted by Gasteiger charge is 2.43. The van der Waals surface area contributed by atoms with Gasteiger partial charge in [0.2, 0.25) is 0 Å². The van der Waals surface area contributed by atoms with Gasteiger partial charge in [-0.15, -0.1) is 0 Å². The Hall–Kier alpha value is -4.30. The average molecular weight is 699 g/mol. The van der Waals surface area contributed by atoms with Crippen LogP contribution < -0.4 is 10.6 Å². The smallest absolute Gasteiger partial charge is 0.252 e. The fourth-order valence-electron chi connectivity index (χ4n) is 5.57. The number of carbonyl (C=O) groups is 2. The number of fused-ring (bicyclic) bond motifs is 1. The molecule has 1 aliphatic rings. The van der Waals surface area contributed by atoms with Gasteiger partial charge in [-0.3, -0.25) is 9.59 Å². The molecule has 0 bridgehead atoms. The number of hydrogen-bond acceptors (Lipinski definition) is 7. The molecular formula is C36H34ClF3N2O7. The van der Waals surface area contributed by atoms with Crippen molar-refractivity contribution >= 4 is 23.4 Å². The zero-order chi connectivity index (χ0) is 35.1. The van der Waals surface area contributed by atoms with Gasteiger partial charge in [0.05, 0.1) is 25.4 Å². The summed E-state index contributed by atoms with van der Waals surface area (Å²) < 4.78 is 54.7. The van der Waals surface area contributed by atoms with Crippen molar-refractivity contribution in [2.45, 2.75) is 62.7 Å². The standard InChI is InChI=1S/C36H34ClF3N2O7/c37-25-12-7-15-28(40)24(25)17-41-35(46)33(48-18-21-9-2-5-13-26(21)38)31(44)32(45)34(49-19-22-10-3-6-14-27(22)39)36(47)42-30-23-11-4-1-8-20(23)16-29(30)43/h1-15,29-34,43-45H,16-19H2,(H,41,46)(H,42,47)/t29-,30+,31-,32-,33-,34-/m1/s1. The fraction of sp³-hybridized carbons (Fsp3) is 0.278. The highest BCUT2D eigenvalue weighted by Crippen LogP contribution is 2.32. The second-order valence-corrected chi connectivity index (χ2v) is 11.9. The number of aliphatic hydroxyl groups is 3. The maximum absolute atomic E-state index is 14.5. The van der Waals surface area contributed by atoms with Crippen molar-refractivity contribution in [3.05, 3.63) is 141 Å². The first-order chi connectivity index (χ1) is 23.5. The Morgan fingerprint density at radius 2 is 1.29 bits per heavy atom. The number of nitrogens with one attached hydrogen (secondary N) is 2. The first-order valence-electron chi connectivity index (χ1n) is 15.4. The van der Waals surface area contributed by atoms with E-state index in [9.17, 15) is 38.1 Å². The third-order valence-electron chi connectivity index (χ3n) is 8.24. The molecule has 6 atom stereocenters. The summed E-state index contributed by atoms with van der Waals surface area (Å²) >= 11 is 6.09. The second kappa shape index (κ2) is 16.4. The molecule has 4 aromatic carbocycles. The molecule has 1 aliphatic carbocycles. The number of halogens is 4. The van der Waals surface area contributed by atoms with Gasteiger partial charge in [0.25, 0.3) is 11.8 Å². The number of amides is 2. The minimum absolute atomic E-state index is 0.0121. The molecule has 13 heteroatoms. The van der Waals surface area contributed by atoms with E-state index in [0.29, 0.717) is 5.56 Å². The van der Waals surface area contributed by atoms with Gasteiger partial charge < -0.3 is 35.4 Å². The second-order valence-electron chi connectivity index (χ2n) is 11.5. The number of aliphatic hydroxyl groups excluding tert-OH is 3. The number of carbonyl (C=O) groups excluding carboxylic acids is 2. The van der Waals surface area contributed by atoms with Crippen molar-refractivity contribution in [3.63, 3.8) is 0 Å². The van der Waals surface area contributed by atoms with E-state index in [1.807, 2.05) is 0 Å². The molecule has 0 aliphatic heterocycles. The molecular weight excluding hydrogens is 665 g/mol. The lowest BCUT2D eigenvalue weighted by atomic mass is 10.00. The largest absolute Gasteiger partial charge is 0.390 e. The molecule has 0 unspecified atom stereocenters. The van der Waals surface area contributed by atoms with Crippen molar-refractivity contribution in [2.24, 2.45) is 0 Å². The maximum atomic E-state index is 14.5. The van der Waals surface area contributed by atoms with E-state index >= 15 is 0 Å². The van der Waals surface area contributed by atoms with E-state index in [0.717, 1.165) is 17.7 Å². The number of ether oxygens (including phenoxy) is 2. The summed E-state index contributed by atoms with van der Waals surface area (Å²) in [5.74, 6) is -4.10. The fourth-order valence-corrected chi connectivity index (χ4v) is 5.80. The molecule has 9 nitrogen and oxygen atoms in total. The van der Waals surface area contributed by atoms with Crippen molar-refractivity contribution in [1.29, 1.82) is 0 Å². The zero-order valence-electron chi connectivity index (χ0n) is 25.9. The van der Waals surface area contributed by atoms with Gasteiger partial charge in [-0.1, -0.05) is 78.3 Å². The molecule has 5 N–H and O–H groups in total. The molecule has 0 saturated carbocycles. The predicted octanol–water partition coefficient (Wildman–Crippen LogP) is 4.04. The van der Waals surface area contributed by atoms with Crippen LogP contribution in [0, 0.1) is 17.5 Å². The van der Waals surface area contributed by atoms with Gasteiger partial charge in [0.15, 0.2) is 12.2 Å². The molecule has 4 aromatic rings. The quantitative estimate of drug-likeness (QED) is 0.134. The topological polar surface area (TPSA) is 137 Å². The van der Waals surface area contributed by atoms with E-state index in [2.05, 4.69) is 10.6 Å². The lowest BCUT2D eigenvalue weighted by Crippen LogP contribution is -2.56. The van der Waals surface area contributed by atoms with E-state index in [1.165, 1.54) is 54.6 Å². The van der Waals surface area contributed by atoms with Crippen LogP contribution in [-0.2, 0) is 45.2 Å². The summed E-state index contributed by atoms with van der Waals surface area (Å²) in [5, 5.41) is 38.7. The lowest BCUT2D eigenvalue weighted by molar-refractivity contribution is -0.171. The van der Waals surface area contributed by atoms with Gasteiger partial charge in [-0.25, -0.2) is 13.2 Å². The van der Waals surface area contributed by atoms with Gasteiger partial charge in [0, 0.05) is 34.7 Å². The van der Waals surface area contributed by atoms with Crippen molar-refractivity contribution in [1.82, 2.24) is 10.6 Å². The van der Waals surface area contributed by atoms with Gasteiger partial charge in [-0.05, 0) is 35.4 Å². The van der Waals surface area contributed by atoms with E-state index in [-0.39, 0.29) is 28.1 Å². The molecule has 0 radical (unpaired) electrons. The number of benzene rings is 4. The average Bonchev–Trinajstić information content (AvgIpc) is 3.40. The Kier molecular flexibility index (Phi) is 12.0. The van der Waals surface area contributed by atoms with Crippen LogP contribution in [-0.4, -0.2) is 57.7 Å². The molecule has 0 saturated heterocycles. The zero-order valence-corrected chi connectivity index (χ0v) is 26.7. The minimum Gasteiger partial charge on any atom is -0.390 e. The summed E-state index contributed by atoms with van der Waals surface area (Å²) in [5.41, 5.74) is 1.39. The summed E-state index contributed by atoms with van der Waals surface area (Å²) in [6, 6.07) is 21.1. The summed E-state index contributed by atoms with van der Waals surface area (Å²) in [7, 11) is 0. The van der Waals surface area contributed by atoms with Gasteiger partial charge in [-0.2, -0.15) is 0 Å². The highest BCUT2D eigenvalue weighted by atomic mass is 35.5. The molecule has 0 spiro atoms. The van der Waals surface area contributed by atoms with Crippen molar-refractivity contribution in [3.8, 4) is 0 Å². The normalized spacial score (nSPS) is 17.9. The number of hydrogen-bond donors (Lipinski definition) is 5. The molecule has 0 heterocycles. The van der Waals surface area contributed by atoms with E-state index in [4.69, 9.17) is 21.1 Å². The van der Waals surface area contributed by atoms with Crippen LogP contribution in [0.2, 0.25) is 5.02 Å². The SMILES string of the molecule is O=C(NCc1c(F)cccc1Cl)[C@H](OCc1ccccc1F)[C@H](O)[C@@H](O)[C@@H](OCc1ccccc1F)C(=O)N[C@H]1c2ccccc2C[C@H]1O. The minimum atomic E-state index is -2.21. The molecule has 0 fully saturated rings. The van der Waals surface area contributed by atoms with Crippen LogP contribution in [0.5, 0.6) is 0 Å². The maximum Gasteiger partial charge on any atom is 0.252 e. The Labute approximate surface area is 285 Å². The molecule has 0 aromatic heterocycles. The van der Waals surface area contributed by atoms with E-state index < -0.39 is 85.6 Å². The molecule has 5 rings (SSSR count). The van der Waals surface area contributed by atoms with Crippen LogP contribution >= 0.6 is 11.6 Å². The third-order valence-corrected chi connectivity index (χ3v) is 8.60. The predicted molar refractivity (Wildman–Crippen MR) is 172 cm³/mol. The van der Waals surface area contributed by atoms with E-state index in [1.54, 1.807) is 24.3 Å². The Morgan fingerprint density at radius 3 is 1.88 bits per heavy atom. The summed E-state index contributed by atoms with van der Waals surface area (Å²) in [6.07, 6.45) is -9.10. The third kappa shape index (κ3) is 8.66. The Morgan fingerprint density at radius 1 is 0.755 bits per heavy atom. The monoisotopic (exact) mass is 698 g/mol. The molecule has 258 valence electrons. The van der Waals surface area contributed by atoms with Crippen LogP contribution in [0.4, 0.5) is 13.2 Å². The first-order valence-corrected chi connectivity index (χ1v) is 15.8. The van der Waals surface area contributed by atoms with Crippen LogP contribution in [0.3, 0.4) is 0 Å². The van der Waals surface area contributed by atoms with Crippen molar-refractivity contribution in [2.75, 3.05) is 0 Å². The van der Waals surface area contributed by atoms with Crippen LogP contribution in [0.25, 0.3) is 0 Å². The summed E-state index contributed by atoms with van der Waals surface area (Å²) in [4.78, 5) is 27.2. The lowest BCUT2D eigenvalue weighted by Gasteiger charge is -2.31. The highest BCUT2D eigenvalue weighted by molar-refractivity contribution is 6.31. The first kappa shape index (κ1) is 36.0. The summed E-state index contributed by atoms with van der Waals surface area (Å²) in [6.45, 7) is -1.52.